The van der Waals surface area contributed by atoms with Crippen molar-refractivity contribution in [3.8, 4) is 0 Å². The van der Waals surface area contributed by atoms with Crippen LogP contribution < -0.4 is 0 Å². The molecule has 0 aromatic heterocycles. The second-order valence-electron chi connectivity index (χ2n) is 8.78. The number of carboxylic acid groups (broad SMARTS) is 2. The SMILES string of the molecule is CCCCC(CC)CC(CCCCCC(=O)O)(CC(CC)CCCC)C(=O)O. The van der Waals surface area contributed by atoms with Gasteiger partial charge in [0.05, 0.1) is 5.41 Å². The minimum atomic E-state index is -0.763. The molecular weight excluding hydrogens is 352 g/mol. The number of hydrogen-bond acceptors (Lipinski definition) is 2. The molecule has 0 amide bonds. The van der Waals surface area contributed by atoms with Crippen molar-refractivity contribution >= 4 is 11.9 Å². The lowest BCUT2D eigenvalue weighted by atomic mass is 9.67. The highest BCUT2D eigenvalue weighted by Crippen LogP contribution is 2.43. The Labute approximate surface area is 173 Å². The molecule has 0 aliphatic rings. The number of aliphatic carboxylic acids is 2. The summed E-state index contributed by atoms with van der Waals surface area (Å²) in [6.45, 7) is 8.76. The average molecular weight is 399 g/mol. The first-order chi connectivity index (χ1) is 13.3. The molecule has 0 aliphatic carbocycles. The van der Waals surface area contributed by atoms with Crippen molar-refractivity contribution in [2.24, 2.45) is 17.3 Å². The molecule has 4 heteroatoms. The van der Waals surface area contributed by atoms with Gasteiger partial charge in [0.1, 0.15) is 0 Å². The maximum Gasteiger partial charge on any atom is 0.309 e. The monoisotopic (exact) mass is 398 g/mol. The van der Waals surface area contributed by atoms with E-state index < -0.39 is 17.4 Å². The molecule has 0 fully saturated rings. The summed E-state index contributed by atoms with van der Waals surface area (Å²) in [5.74, 6) is -0.450. The molecule has 28 heavy (non-hydrogen) atoms. The van der Waals surface area contributed by atoms with Crippen molar-refractivity contribution in [3.05, 3.63) is 0 Å². The fourth-order valence-electron chi connectivity index (χ4n) is 4.48. The number of carbonyl (C=O) groups is 2. The van der Waals surface area contributed by atoms with E-state index >= 15 is 0 Å². The van der Waals surface area contributed by atoms with Gasteiger partial charge in [-0.05, 0) is 37.5 Å². The van der Waals surface area contributed by atoms with Gasteiger partial charge in [-0.1, -0.05) is 91.9 Å². The van der Waals surface area contributed by atoms with Crippen LogP contribution in [0.5, 0.6) is 0 Å². The van der Waals surface area contributed by atoms with E-state index in [1.807, 2.05) is 0 Å². The molecule has 0 spiro atoms. The Balaban J connectivity index is 5.27. The lowest BCUT2D eigenvalue weighted by molar-refractivity contribution is -0.152. The fourth-order valence-corrected chi connectivity index (χ4v) is 4.48. The van der Waals surface area contributed by atoms with E-state index in [0.717, 1.165) is 64.2 Å². The zero-order chi connectivity index (χ0) is 21.4. The van der Waals surface area contributed by atoms with E-state index in [0.29, 0.717) is 24.7 Å². The molecule has 2 atom stereocenters. The van der Waals surface area contributed by atoms with E-state index in [1.165, 1.54) is 12.8 Å². The van der Waals surface area contributed by atoms with Crippen LogP contribution in [0.2, 0.25) is 0 Å². The van der Waals surface area contributed by atoms with Gasteiger partial charge in [0.15, 0.2) is 0 Å². The first kappa shape index (κ1) is 26.9. The molecule has 0 radical (unpaired) electrons. The van der Waals surface area contributed by atoms with Crippen LogP contribution in [0, 0.1) is 17.3 Å². The van der Waals surface area contributed by atoms with Crippen LogP contribution >= 0.6 is 0 Å². The first-order valence-electron chi connectivity index (χ1n) is 11.8. The molecule has 0 aliphatic heterocycles. The van der Waals surface area contributed by atoms with E-state index in [4.69, 9.17) is 5.11 Å². The second kappa shape index (κ2) is 15.8. The Kier molecular flexibility index (Phi) is 15.2. The van der Waals surface area contributed by atoms with Crippen LogP contribution in [0.25, 0.3) is 0 Å². The normalized spacial score (nSPS) is 15.7. The summed E-state index contributed by atoms with van der Waals surface area (Å²) in [6.07, 6.45) is 13.6. The molecule has 0 saturated heterocycles. The molecule has 0 bridgehead atoms. The smallest absolute Gasteiger partial charge is 0.309 e. The van der Waals surface area contributed by atoms with Gasteiger partial charge in [-0.15, -0.1) is 0 Å². The van der Waals surface area contributed by atoms with Crippen molar-refractivity contribution in [2.45, 2.75) is 124 Å². The summed E-state index contributed by atoms with van der Waals surface area (Å²) >= 11 is 0. The highest BCUT2D eigenvalue weighted by molar-refractivity contribution is 5.74. The minimum Gasteiger partial charge on any atom is -0.481 e. The number of hydrogen-bond donors (Lipinski definition) is 2. The molecule has 2 unspecified atom stereocenters. The third-order valence-electron chi connectivity index (χ3n) is 6.45. The van der Waals surface area contributed by atoms with E-state index in [-0.39, 0.29) is 6.42 Å². The van der Waals surface area contributed by atoms with Gasteiger partial charge in [0.25, 0.3) is 0 Å². The predicted octanol–water partition coefficient (Wildman–Crippen LogP) is 7.31. The second-order valence-corrected chi connectivity index (χ2v) is 8.78. The van der Waals surface area contributed by atoms with E-state index in [2.05, 4.69) is 27.7 Å². The van der Waals surface area contributed by atoms with Gasteiger partial charge in [0.2, 0.25) is 0 Å². The largest absolute Gasteiger partial charge is 0.481 e. The Morgan fingerprint density at radius 2 is 1.25 bits per heavy atom. The quantitative estimate of drug-likeness (QED) is 0.224. The van der Waals surface area contributed by atoms with Crippen LogP contribution in [0.4, 0.5) is 0 Å². The van der Waals surface area contributed by atoms with Gasteiger partial charge < -0.3 is 10.2 Å². The van der Waals surface area contributed by atoms with Crippen LogP contribution in [0.15, 0.2) is 0 Å². The summed E-state index contributed by atoms with van der Waals surface area (Å²) in [5, 5.41) is 19.1. The molecule has 0 saturated carbocycles. The Morgan fingerprint density at radius 1 is 0.750 bits per heavy atom. The highest BCUT2D eigenvalue weighted by Gasteiger charge is 2.40. The highest BCUT2D eigenvalue weighted by atomic mass is 16.4. The molecule has 0 rings (SSSR count). The molecule has 0 aromatic rings. The summed E-state index contributed by atoms with van der Waals surface area (Å²) < 4.78 is 0. The lowest BCUT2D eigenvalue weighted by Crippen LogP contribution is -2.36. The van der Waals surface area contributed by atoms with Gasteiger partial charge in [-0.3, -0.25) is 9.59 Å². The zero-order valence-corrected chi connectivity index (χ0v) is 19.0. The zero-order valence-electron chi connectivity index (χ0n) is 19.0. The van der Waals surface area contributed by atoms with Crippen molar-refractivity contribution in [1.82, 2.24) is 0 Å². The van der Waals surface area contributed by atoms with Crippen LogP contribution in [-0.2, 0) is 9.59 Å². The van der Waals surface area contributed by atoms with Crippen molar-refractivity contribution in [2.75, 3.05) is 0 Å². The van der Waals surface area contributed by atoms with Crippen molar-refractivity contribution in [1.29, 1.82) is 0 Å². The lowest BCUT2D eigenvalue weighted by Gasteiger charge is -2.36. The standard InChI is InChI=1S/C24H46O4/c1-5-9-14-20(7-3)18-24(23(27)28,17-13-11-12-16-22(25)26)19-21(8-4)15-10-6-2/h20-21H,5-19H2,1-4H3,(H,25,26)(H,27,28). The predicted molar refractivity (Wildman–Crippen MR) is 117 cm³/mol. The maximum atomic E-state index is 12.5. The summed E-state index contributed by atoms with van der Waals surface area (Å²) in [7, 11) is 0. The van der Waals surface area contributed by atoms with Crippen LogP contribution in [0.3, 0.4) is 0 Å². The molecule has 0 heterocycles. The number of rotatable bonds is 19. The molecular formula is C24H46O4. The van der Waals surface area contributed by atoms with Gasteiger partial charge >= 0.3 is 11.9 Å². The van der Waals surface area contributed by atoms with Gasteiger partial charge in [-0.25, -0.2) is 0 Å². The van der Waals surface area contributed by atoms with Crippen LogP contribution in [0.1, 0.15) is 124 Å². The van der Waals surface area contributed by atoms with E-state index in [1.54, 1.807) is 0 Å². The van der Waals surface area contributed by atoms with Gasteiger partial charge in [-0.2, -0.15) is 0 Å². The van der Waals surface area contributed by atoms with Crippen molar-refractivity contribution < 1.29 is 19.8 Å². The Hall–Kier alpha value is -1.06. The summed E-state index contributed by atoms with van der Waals surface area (Å²) in [4.78, 5) is 23.3. The van der Waals surface area contributed by atoms with E-state index in [9.17, 15) is 14.7 Å². The number of carboxylic acids is 2. The third-order valence-corrected chi connectivity index (χ3v) is 6.45. The topological polar surface area (TPSA) is 74.6 Å². The molecule has 4 nitrogen and oxygen atoms in total. The molecule has 0 aromatic carbocycles. The average Bonchev–Trinajstić information content (AvgIpc) is 2.67. The number of unbranched alkanes of at least 4 members (excludes halogenated alkanes) is 4. The Bertz CT molecular complexity index is 401. The molecule has 2 N–H and O–H groups in total. The summed E-state index contributed by atoms with van der Waals surface area (Å²) in [6, 6.07) is 0. The maximum absolute atomic E-state index is 12.5. The first-order valence-corrected chi connectivity index (χ1v) is 11.8. The molecule has 166 valence electrons. The Morgan fingerprint density at radius 3 is 1.61 bits per heavy atom. The van der Waals surface area contributed by atoms with Crippen LogP contribution in [-0.4, -0.2) is 22.2 Å². The van der Waals surface area contributed by atoms with Gasteiger partial charge in [0, 0.05) is 6.42 Å². The fraction of sp³-hybridized carbons (Fsp3) is 0.917. The third kappa shape index (κ3) is 11.1. The minimum absolute atomic E-state index is 0.183. The summed E-state index contributed by atoms with van der Waals surface area (Å²) in [5.41, 5.74) is -0.647. The van der Waals surface area contributed by atoms with Crippen molar-refractivity contribution in [3.63, 3.8) is 0 Å².